The molecule has 0 radical (unpaired) electrons. The van der Waals surface area contributed by atoms with E-state index < -0.39 is 16.0 Å². The summed E-state index contributed by atoms with van der Waals surface area (Å²) in [5, 5.41) is 3.07. The highest BCUT2D eigenvalue weighted by atomic mass is 32.2. The van der Waals surface area contributed by atoms with Gasteiger partial charge in [0.15, 0.2) is 0 Å². The van der Waals surface area contributed by atoms with E-state index in [0.29, 0.717) is 19.0 Å². The molecule has 23 heavy (non-hydrogen) atoms. The number of benzene rings is 1. The average molecular weight is 342 g/mol. The van der Waals surface area contributed by atoms with Crippen LogP contribution in [0.3, 0.4) is 0 Å². The third kappa shape index (κ3) is 3.65. The molecule has 0 saturated carbocycles. The molecule has 0 bridgehead atoms. The zero-order chi connectivity index (χ0) is 17.0. The van der Waals surface area contributed by atoms with Crippen LogP contribution in [0.4, 0.5) is 0 Å². The molecule has 1 saturated heterocycles. The number of carbonyl (C=O) groups is 1. The zero-order valence-electron chi connectivity index (χ0n) is 13.5. The van der Waals surface area contributed by atoms with Gasteiger partial charge in [0.05, 0.1) is 19.8 Å². The highest BCUT2D eigenvalue weighted by molar-refractivity contribution is 7.89. The Hall–Kier alpha value is -1.64. The van der Waals surface area contributed by atoms with Crippen LogP contribution in [0.2, 0.25) is 0 Å². The van der Waals surface area contributed by atoms with Gasteiger partial charge < -0.3 is 14.8 Å². The van der Waals surface area contributed by atoms with Gasteiger partial charge in [0.2, 0.25) is 10.0 Å². The van der Waals surface area contributed by atoms with E-state index in [1.807, 2.05) is 7.05 Å². The summed E-state index contributed by atoms with van der Waals surface area (Å²) in [6.07, 6.45) is 0.822. The Morgan fingerprint density at radius 3 is 2.74 bits per heavy atom. The van der Waals surface area contributed by atoms with Gasteiger partial charge in [-0.05, 0) is 44.1 Å². The first kappa shape index (κ1) is 17.7. The molecule has 0 spiro atoms. The summed E-state index contributed by atoms with van der Waals surface area (Å²) in [6.45, 7) is 1.74. The minimum absolute atomic E-state index is 0.0674. The minimum Gasteiger partial charge on any atom is -0.495 e. The molecule has 1 aliphatic rings. The third-order valence-electron chi connectivity index (χ3n) is 3.94. The molecule has 0 aliphatic carbocycles. The van der Waals surface area contributed by atoms with Gasteiger partial charge in [-0.3, -0.25) is 0 Å². The summed E-state index contributed by atoms with van der Waals surface area (Å²) in [4.78, 5) is 11.6. The van der Waals surface area contributed by atoms with Crippen LogP contribution in [-0.2, 0) is 14.8 Å². The quantitative estimate of drug-likeness (QED) is 0.767. The second-order valence-corrected chi connectivity index (χ2v) is 7.34. The lowest BCUT2D eigenvalue weighted by Crippen LogP contribution is -2.30. The first-order valence-electron chi connectivity index (χ1n) is 7.35. The standard InChI is InChI=1S/C15H22N2O5S/c1-16-9-11-6-7-17(10-11)23(19,20)14-5-4-12(15(18)22-3)8-13(14)21-2/h4-5,8,11,16H,6-7,9-10H2,1-3H3. The van der Waals surface area contributed by atoms with Crippen LogP contribution >= 0.6 is 0 Å². The minimum atomic E-state index is -3.65. The van der Waals surface area contributed by atoms with E-state index in [-0.39, 0.29) is 16.2 Å². The number of hydrogen-bond donors (Lipinski definition) is 1. The Labute approximate surface area is 136 Å². The number of sulfonamides is 1. The van der Waals surface area contributed by atoms with E-state index in [1.165, 1.54) is 36.7 Å². The van der Waals surface area contributed by atoms with Crippen molar-refractivity contribution in [3.8, 4) is 5.75 Å². The number of hydrogen-bond acceptors (Lipinski definition) is 6. The maximum atomic E-state index is 12.8. The van der Waals surface area contributed by atoms with E-state index in [2.05, 4.69) is 10.1 Å². The Morgan fingerprint density at radius 2 is 2.13 bits per heavy atom. The van der Waals surface area contributed by atoms with Gasteiger partial charge in [0.1, 0.15) is 10.6 Å². The molecule has 1 fully saturated rings. The van der Waals surface area contributed by atoms with Crippen molar-refractivity contribution >= 4 is 16.0 Å². The van der Waals surface area contributed by atoms with Crippen LogP contribution in [0.15, 0.2) is 23.1 Å². The molecular formula is C15H22N2O5S. The lowest BCUT2D eigenvalue weighted by Gasteiger charge is -2.18. The van der Waals surface area contributed by atoms with Gasteiger partial charge in [-0.1, -0.05) is 0 Å². The summed E-state index contributed by atoms with van der Waals surface area (Å²) >= 11 is 0. The second-order valence-electron chi connectivity index (χ2n) is 5.43. The summed E-state index contributed by atoms with van der Waals surface area (Å²) in [5.74, 6) is -0.0948. The highest BCUT2D eigenvalue weighted by Gasteiger charge is 2.34. The Bertz CT molecular complexity index is 674. The number of esters is 1. The maximum Gasteiger partial charge on any atom is 0.337 e. The van der Waals surface area contributed by atoms with E-state index in [1.54, 1.807) is 0 Å². The fourth-order valence-corrected chi connectivity index (χ4v) is 4.40. The summed E-state index contributed by atoms with van der Waals surface area (Å²) in [6, 6.07) is 4.22. The SMILES string of the molecule is CNCC1CCN(S(=O)(=O)c2ccc(C(=O)OC)cc2OC)C1. The number of nitrogens with one attached hydrogen (secondary N) is 1. The van der Waals surface area contributed by atoms with E-state index in [9.17, 15) is 13.2 Å². The van der Waals surface area contributed by atoms with Gasteiger partial charge in [0, 0.05) is 13.1 Å². The lowest BCUT2D eigenvalue weighted by atomic mass is 10.1. The van der Waals surface area contributed by atoms with Gasteiger partial charge in [0.25, 0.3) is 0 Å². The van der Waals surface area contributed by atoms with Gasteiger partial charge in [-0.25, -0.2) is 13.2 Å². The first-order valence-corrected chi connectivity index (χ1v) is 8.79. The Balaban J connectivity index is 2.31. The molecule has 0 amide bonds. The predicted molar refractivity (Wildman–Crippen MR) is 85.1 cm³/mol. The fourth-order valence-electron chi connectivity index (χ4n) is 2.74. The van der Waals surface area contributed by atoms with Crippen LogP contribution < -0.4 is 10.1 Å². The number of methoxy groups -OCH3 is 2. The van der Waals surface area contributed by atoms with Crippen molar-refractivity contribution in [3.63, 3.8) is 0 Å². The van der Waals surface area contributed by atoms with Crippen molar-refractivity contribution in [2.45, 2.75) is 11.3 Å². The van der Waals surface area contributed by atoms with Gasteiger partial charge in [-0.15, -0.1) is 0 Å². The lowest BCUT2D eigenvalue weighted by molar-refractivity contribution is 0.0600. The van der Waals surface area contributed by atoms with Crippen LogP contribution in [0, 0.1) is 5.92 Å². The van der Waals surface area contributed by atoms with Crippen molar-refractivity contribution in [2.75, 3.05) is 40.9 Å². The number of ether oxygens (including phenoxy) is 2. The first-order chi connectivity index (χ1) is 10.9. The van der Waals surface area contributed by atoms with Crippen LogP contribution in [0.5, 0.6) is 5.75 Å². The van der Waals surface area contributed by atoms with Crippen molar-refractivity contribution in [1.29, 1.82) is 0 Å². The van der Waals surface area contributed by atoms with Gasteiger partial charge in [-0.2, -0.15) is 4.31 Å². The monoisotopic (exact) mass is 342 g/mol. The highest BCUT2D eigenvalue weighted by Crippen LogP contribution is 2.31. The van der Waals surface area contributed by atoms with Crippen LogP contribution in [0.1, 0.15) is 16.8 Å². The molecule has 8 heteroatoms. The topological polar surface area (TPSA) is 84.9 Å². The van der Waals surface area contributed by atoms with Crippen molar-refractivity contribution in [1.82, 2.24) is 9.62 Å². The van der Waals surface area contributed by atoms with Crippen LogP contribution in [0.25, 0.3) is 0 Å². The Morgan fingerprint density at radius 1 is 1.39 bits per heavy atom. The largest absolute Gasteiger partial charge is 0.495 e. The molecule has 7 nitrogen and oxygen atoms in total. The van der Waals surface area contributed by atoms with Crippen molar-refractivity contribution < 1.29 is 22.7 Å². The van der Waals surface area contributed by atoms with Crippen molar-refractivity contribution in [3.05, 3.63) is 23.8 Å². The van der Waals surface area contributed by atoms with E-state index >= 15 is 0 Å². The molecule has 128 valence electrons. The summed E-state index contributed by atoms with van der Waals surface area (Å²) < 4.78 is 36.9. The summed E-state index contributed by atoms with van der Waals surface area (Å²) in [7, 11) is 0.847. The molecule has 1 N–H and O–H groups in total. The fraction of sp³-hybridized carbons (Fsp3) is 0.533. The van der Waals surface area contributed by atoms with E-state index in [4.69, 9.17) is 4.74 Å². The number of nitrogens with zero attached hydrogens (tertiary/aromatic N) is 1. The van der Waals surface area contributed by atoms with Crippen molar-refractivity contribution in [2.24, 2.45) is 5.92 Å². The number of carbonyl (C=O) groups excluding carboxylic acids is 1. The molecule has 1 heterocycles. The third-order valence-corrected chi connectivity index (χ3v) is 5.85. The number of rotatable bonds is 6. The molecular weight excluding hydrogens is 320 g/mol. The second kappa shape index (κ2) is 7.29. The summed E-state index contributed by atoms with van der Waals surface area (Å²) in [5.41, 5.74) is 0.248. The zero-order valence-corrected chi connectivity index (χ0v) is 14.4. The molecule has 2 rings (SSSR count). The van der Waals surface area contributed by atoms with Gasteiger partial charge >= 0.3 is 5.97 Å². The molecule has 1 aliphatic heterocycles. The predicted octanol–water partition coefficient (Wildman–Crippen LogP) is 0.712. The van der Waals surface area contributed by atoms with Crippen LogP contribution in [-0.4, -0.2) is 59.6 Å². The normalized spacial score (nSPS) is 18.8. The molecule has 1 aromatic carbocycles. The molecule has 1 aromatic rings. The molecule has 1 unspecified atom stereocenters. The molecule has 1 atom stereocenters. The smallest absolute Gasteiger partial charge is 0.337 e. The Kier molecular flexibility index (Phi) is 5.61. The average Bonchev–Trinajstić information content (AvgIpc) is 3.03. The molecule has 0 aromatic heterocycles. The van der Waals surface area contributed by atoms with E-state index in [0.717, 1.165) is 13.0 Å². The maximum absolute atomic E-state index is 12.8.